The van der Waals surface area contributed by atoms with E-state index in [-0.39, 0.29) is 54.9 Å². The van der Waals surface area contributed by atoms with Crippen LogP contribution in [0.4, 0.5) is 0 Å². The molecule has 53 heavy (non-hydrogen) atoms. The summed E-state index contributed by atoms with van der Waals surface area (Å²) in [6.45, 7) is 13.6. The van der Waals surface area contributed by atoms with E-state index >= 15 is 0 Å². The van der Waals surface area contributed by atoms with Crippen molar-refractivity contribution in [2.24, 2.45) is 35.5 Å². The Kier molecular flexibility index (Phi) is 15.5. The molecule has 0 spiro atoms. The van der Waals surface area contributed by atoms with Gasteiger partial charge >= 0.3 is 5.97 Å². The van der Waals surface area contributed by atoms with Crippen molar-refractivity contribution in [2.45, 2.75) is 168 Å². The van der Waals surface area contributed by atoms with Crippen molar-refractivity contribution in [3.05, 3.63) is 23.3 Å². The third-order valence-electron chi connectivity index (χ3n) is 12.6. The van der Waals surface area contributed by atoms with Gasteiger partial charge in [-0.25, -0.2) is 4.79 Å². The van der Waals surface area contributed by atoms with Crippen molar-refractivity contribution in [3.63, 3.8) is 0 Å². The smallest absolute Gasteiger partial charge is 0.329 e. The first kappa shape index (κ1) is 43.3. The van der Waals surface area contributed by atoms with E-state index in [9.17, 15) is 34.5 Å². The highest BCUT2D eigenvalue weighted by Gasteiger charge is 2.53. The van der Waals surface area contributed by atoms with E-state index < -0.39 is 65.7 Å². The first-order chi connectivity index (χ1) is 25.0. The van der Waals surface area contributed by atoms with Crippen LogP contribution in [0.1, 0.15) is 126 Å². The average Bonchev–Trinajstić information content (AvgIpc) is 3.12. The molecule has 300 valence electrons. The van der Waals surface area contributed by atoms with Gasteiger partial charge in [-0.15, -0.1) is 0 Å². The Morgan fingerprint density at radius 2 is 1.70 bits per heavy atom. The molecule has 1 saturated carbocycles. The number of allylic oxidation sites excluding steroid dienone is 3. The topological polar surface area (TPSA) is 160 Å². The number of fused-ring (bicyclic) bond motifs is 3. The van der Waals surface area contributed by atoms with Gasteiger partial charge in [0.1, 0.15) is 17.9 Å². The lowest BCUT2D eigenvalue weighted by Crippen LogP contribution is -2.61. The van der Waals surface area contributed by atoms with Crippen molar-refractivity contribution >= 4 is 23.4 Å². The van der Waals surface area contributed by atoms with Crippen LogP contribution in [0.5, 0.6) is 0 Å². The van der Waals surface area contributed by atoms with Gasteiger partial charge in [0.05, 0.1) is 24.4 Å². The molecular formula is C42H67NO10. The van der Waals surface area contributed by atoms with Crippen molar-refractivity contribution in [2.75, 3.05) is 13.7 Å². The Labute approximate surface area is 316 Å². The molecule has 2 bridgehead atoms. The van der Waals surface area contributed by atoms with Gasteiger partial charge in [-0.2, -0.15) is 0 Å². The Balaban J connectivity index is 1.73. The lowest BCUT2D eigenvalue weighted by Gasteiger charge is -2.44. The zero-order valence-electron chi connectivity index (χ0n) is 33.4. The van der Waals surface area contributed by atoms with Crippen LogP contribution in [0.3, 0.4) is 0 Å². The molecule has 13 atom stereocenters. The summed E-state index contributed by atoms with van der Waals surface area (Å²) in [5.41, 5.74) is 1.76. The van der Waals surface area contributed by atoms with Crippen LogP contribution < -0.4 is 0 Å². The molecule has 2 saturated heterocycles. The van der Waals surface area contributed by atoms with Gasteiger partial charge < -0.3 is 34.4 Å². The fourth-order valence-corrected chi connectivity index (χ4v) is 9.25. The Morgan fingerprint density at radius 1 is 0.981 bits per heavy atom. The number of methoxy groups -OCH3 is 1. The minimum Gasteiger partial charge on any atom is -0.456 e. The molecule has 4 aliphatic rings. The lowest BCUT2D eigenvalue weighted by molar-refractivity contribution is -0.270. The average molecular weight is 746 g/mol. The maximum absolute atomic E-state index is 14.2. The molecule has 7 unspecified atom stereocenters. The van der Waals surface area contributed by atoms with E-state index in [2.05, 4.69) is 6.92 Å². The van der Waals surface area contributed by atoms with E-state index in [0.717, 1.165) is 18.4 Å². The summed E-state index contributed by atoms with van der Waals surface area (Å²) in [7, 11) is 1.57. The highest BCUT2D eigenvalue weighted by atomic mass is 16.6. The normalized spacial score (nSPS) is 41.8. The van der Waals surface area contributed by atoms with Gasteiger partial charge in [0.2, 0.25) is 5.79 Å². The number of piperidine rings is 1. The third-order valence-corrected chi connectivity index (χ3v) is 12.6. The van der Waals surface area contributed by atoms with Gasteiger partial charge in [-0.1, -0.05) is 52.3 Å². The summed E-state index contributed by atoms with van der Waals surface area (Å²) in [5.74, 6) is -6.59. The predicted octanol–water partition coefficient (Wildman–Crippen LogP) is 5.47. The first-order valence-corrected chi connectivity index (χ1v) is 20.2. The second-order valence-electron chi connectivity index (χ2n) is 17.0. The number of carbonyl (C=O) groups excluding carboxylic acids is 4. The van der Waals surface area contributed by atoms with Crippen LogP contribution in [0.2, 0.25) is 0 Å². The largest absolute Gasteiger partial charge is 0.456 e. The van der Waals surface area contributed by atoms with E-state index in [0.29, 0.717) is 56.9 Å². The number of hydrogen-bond acceptors (Lipinski definition) is 10. The highest BCUT2D eigenvalue weighted by molar-refractivity contribution is 6.39. The summed E-state index contributed by atoms with van der Waals surface area (Å²) in [4.78, 5) is 57.2. The summed E-state index contributed by atoms with van der Waals surface area (Å²) in [5, 5.41) is 33.8. The number of carbonyl (C=O) groups is 4. The molecule has 11 heteroatoms. The number of cyclic esters (lactones) is 1. The molecule has 3 aliphatic heterocycles. The third kappa shape index (κ3) is 10.5. The van der Waals surface area contributed by atoms with Crippen LogP contribution in [0.15, 0.2) is 23.3 Å². The molecule has 0 radical (unpaired) electrons. The Bertz CT molecular complexity index is 1360. The Hall–Kier alpha value is -2.44. The van der Waals surface area contributed by atoms with Gasteiger partial charge in [-0.05, 0) is 108 Å². The van der Waals surface area contributed by atoms with Gasteiger partial charge in [0.25, 0.3) is 11.7 Å². The fraction of sp³-hybridized carbons (Fsp3) is 0.810. The number of ether oxygens (including phenoxy) is 3. The molecule has 3 fully saturated rings. The second kappa shape index (κ2) is 18.9. The van der Waals surface area contributed by atoms with Crippen molar-refractivity contribution in [1.29, 1.82) is 0 Å². The zero-order chi connectivity index (χ0) is 39.2. The quantitative estimate of drug-likeness (QED) is 0.191. The van der Waals surface area contributed by atoms with E-state index in [1.165, 1.54) is 4.90 Å². The number of ketones is 2. The van der Waals surface area contributed by atoms with Crippen LogP contribution in [-0.2, 0) is 33.4 Å². The molecule has 4 rings (SSSR count). The second-order valence-corrected chi connectivity index (χ2v) is 17.0. The van der Waals surface area contributed by atoms with Crippen LogP contribution in [0, 0.1) is 35.5 Å². The maximum Gasteiger partial charge on any atom is 0.329 e. The van der Waals surface area contributed by atoms with E-state index in [4.69, 9.17) is 14.2 Å². The number of aliphatic hydroxyl groups excluding tert-OH is 2. The van der Waals surface area contributed by atoms with Gasteiger partial charge in [0.15, 0.2) is 0 Å². The van der Waals surface area contributed by atoms with Crippen LogP contribution >= 0.6 is 0 Å². The number of Topliss-reactive ketones (excluding diaryl/α,β-unsaturated/α-hetero) is 2. The summed E-state index contributed by atoms with van der Waals surface area (Å²) < 4.78 is 18.0. The SMILES string of the molecule is CC[C@@H]1/C=C(\C)C[C@H](C)C[C@H](C)C2CC[C@@H](C)C(O)(O2)C(=O)C(=O)N2CCCCC2C(=O)OC(/C(C)=C/[C@@H]2CCC(O)C(OC)C2)[C@H](C)C(O)CC1=O. The number of aliphatic hydroxyl groups is 3. The molecular weight excluding hydrogens is 678 g/mol. The number of hydrogen-bond donors (Lipinski definition) is 3. The van der Waals surface area contributed by atoms with Crippen LogP contribution in [-0.4, -0.2) is 99.7 Å². The standard InChI is InChI=1S/C42H67NO10/c1-9-31-20-25(3)18-24(2)19-26(4)36-16-13-28(6)42(50,53-36)39(47)40(48)43-17-11-10-12-32(43)41(49)52-38(29(7)34(45)23-35(31)46)27(5)21-30-14-15-33(44)37(22-30)51-8/h20-21,24,26,28-34,36-38,44-45,50H,9-19,22-23H2,1-8H3/b25-20+,27-21+/t24-,26-,28+,29+,30-,31+,32?,33?,34?,36?,37?,38?,42?/m0/s1. The Morgan fingerprint density at radius 3 is 2.38 bits per heavy atom. The molecule has 3 N–H and O–H groups in total. The molecule has 0 aromatic rings. The molecule has 0 aromatic heterocycles. The summed E-state index contributed by atoms with van der Waals surface area (Å²) in [6.07, 6.45) is 7.04. The number of amides is 1. The summed E-state index contributed by atoms with van der Waals surface area (Å²) in [6, 6.07) is -1.08. The molecule has 0 aromatic carbocycles. The molecule has 1 amide bonds. The highest BCUT2D eigenvalue weighted by Crippen LogP contribution is 2.39. The van der Waals surface area contributed by atoms with Gasteiger partial charge in [0, 0.05) is 37.8 Å². The van der Waals surface area contributed by atoms with E-state index in [1.807, 2.05) is 39.8 Å². The number of esters is 1. The minimum absolute atomic E-state index is 0.0147. The van der Waals surface area contributed by atoms with Crippen molar-refractivity contribution < 1.29 is 48.7 Å². The lowest BCUT2D eigenvalue weighted by atomic mass is 9.81. The maximum atomic E-state index is 14.2. The van der Waals surface area contributed by atoms with Crippen molar-refractivity contribution in [1.82, 2.24) is 4.90 Å². The molecule has 11 nitrogen and oxygen atoms in total. The zero-order valence-corrected chi connectivity index (χ0v) is 33.4. The predicted molar refractivity (Wildman–Crippen MR) is 200 cm³/mol. The van der Waals surface area contributed by atoms with E-state index in [1.54, 1.807) is 21.0 Å². The summed E-state index contributed by atoms with van der Waals surface area (Å²) >= 11 is 0. The number of nitrogens with zero attached hydrogens (tertiary/aromatic N) is 1. The monoisotopic (exact) mass is 745 g/mol. The van der Waals surface area contributed by atoms with Crippen molar-refractivity contribution in [3.8, 4) is 0 Å². The fourth-order valence-electron chi connectivity index (χ4n) is 9.25. The van der Waals surface area contributed by atoms with Gasteiger partial charge in [-0.3, -0.25) is 14.4 Å². The molecule has 3 heterocycles. The van der Waals surface area contributed by atoms with Crippen LogP contribution in [0.25, 0.3) is 0 Å². The minimum atomic E-state index is -2.32. The first-order valence-electron chi connectivity index (χ1n) is 20.2. The number of rotatable bonds is 4. The molecule has 1 aliphatic carbocycles.